The van der Waals surface area contributed by atoms with Gasteiger partial charge in [0.15, 0.2) is 0 Å². The van der Waals surface area contributed by atoms with E-state index < -0.39 is 0 Å². The van der Waals surface area contributed by atoms with Gasteiger partial charge in [0.2, 0.25) is 5.88 Å². The Bertz CT molecular complexity index is 1110. The quantitative estimate of drug-likeness (QED) is 0.559. The number of pyridine rings is 1. The molecule has 3 heterocycles. The van der Waals surface area contributed by atoms with Crippen molar-refractivity contribution in [1.29, 1.82) is 0 Å². The molecule has 2 N–H and O–H groups in total. The third-order valence-electron chi connectivity index (χ3n) is 6.30. The number of likely N-dealkylation sites (tertiary alicyclic amines) is 1. The van der Waals surface area contributed by atoms with Crippen LogP contribution >= 0.6 is 0 Å². The summed E-state index contributed by atoms with van der Waals surface area (Å²) in [5.74, 6) is 1.93. The van der Waals surface area contributed by atoms with Crippen molar-refractivity contribution < 1.29 is 14.3 Å². The maximum Gasteiger partial charge on any atom is 0.253 e. The summed E-state index contributed by atoms with van der Waals surface area (Å²) < 4.78 is 11.4. The number of anilines is 1. The molecule has 8 nitrogen and oxygen atoms in total. The van der Waals surface area contributed by atoms with Crippen LogP contribution in [0.25, 0.3) is 11.1 Å². The molecule has 4 rings (SSSR count). The number of rotatable bonds is 7. The van der Waals surface area contributed by atoms with Gasteiger partial charge in [0.05, 0.1) is 18.9 Å². The van der Waals surface area contributed by atoms with Gasteiger partial charge < -0.3 is 20.1 Å². The van der Waals surface area contributed by atoms with E-state index in [2.05, 4.69) is 22.1 Å². The van der Waals surface area contributed by atoms with E-state index in [-0.39, 0.29) is 17.9 Å². The smallest absolute Gasteiger partial charge is 0.253 e. The Morgan fingerprint density at radius 2 is 1.94 bits per heavy atom. The molecule has 1 saturated heterocycles. The van der Waals surface area contributed by atoms with Crippen molar-refractivity contribution in [1.82, 2.24) is 20.1 Å². The first-order chi connectivity index (χ1) is 16.5. The van der Waals surface area contributed by atoms with E-state index in [0.29, 0.717) is 36.1 Å². The number of aromatic nitrogens is 3. The van der Waals surface area contributed by atoms with Crippen molar-refractivity contribution in [3.63, 3.8) is 0 Å². The van der Waals surface area contributed by atoms with Crippen LogP contribution < -0.4 is 15.2 Å². The summed E-state index contributed by atoms with van der Waals surface area (Å²) in [6.45, 7) is 5.43. The molecule has 1 atom stereocenters. The van der Waals surface area contributed by atoms with Crippen molar-refractivity contribution in [3.8, 4) is 22.8 Å². The van der Waals surface area contributed by atoms with E-state index in [1.807, 2.05) is 42.2 Å². The topological polar surface area (TPSA) is 103 Å². The van der Waals surface area contributed by atoms with Crippen LogP contribution in [-0.2, 0) is 0 Å². The minimum Gasteiger partial charge on any atom is -0.496 e. The molecule has 2 aromatic heterocycles. The molecular formula is C26H31N5O3. The SMILES string of the molecule is CC[C@@H](C)Oc1ccc(-c2ccc(C(=O)N3CCC(c4ccc(N)nn4)CC3)cc2OC)cn1. The van der Waals surface area contributed by atoms with E-state index in [4.69, 9.17) is 15.2 Å². The van der Waals surface area contributed by atoms with Gasteiger partial charge in [-0.3, -0.25) is 4.79 Å². The first kappa shape index (κ1) is 23.5. The number of nitrogen functional groups attached to an aromatic ring is 1. The van der Waals surface area contributed by atoms with Crippen molar-refractivity contribution >= 4 is 11.7 Å². The van der Waals surface area contributed by atoms with Gasteiger partial charge in [-0.15, -0.1) is 5.10 Å². The molecule has 3 aromatic rings. The predicted octanol–water partition coefficient (Wildman–Crippen LogP) is 4.33. The number of carbonyl (C=O) groups excluding carboxylic acids is 1. The first-order valence-corrected chi connectivity index (χ1v) is 11.7. The number of amides is 1. The highest BCUT2D eigenvalue weighted by Crippen LogP contribution is 2.33. The summed E-state index contributed by atoms with van der Waals surface area (Å²) in [6, 6.07) is 13.1. The minimum atomic E-state index is 0.00196. The molecule has 8 heteroatoms. The number of carbonyl (C=O) groups is 1. The Morgan fingerprint density at radius 3 is 2.56 bits per heavy atom. The van der Waals surface area contributed by atoms with Gasteiger partial charge in [0.1, 0.15) is 11.6 Å². The Balaban J connectivity index is 1.44. The molecule has 178 valence electrons. The van der Waals surface area contributed by atoms with E-state index in [1.165, 1.54) is 0 Å². The van der Waals surface area contributed by atoms with Crippen LogP contribution in [0, 0.1) is 0 Å². The molecule has 1 aliphatic heterocycles. The predicted molar refractivity (Wildman–Crippen MR) is 131 cm³/mol. The summed E-state index contributed by atoms with van der Waals surface area (Å²) in [5.41, 5.74) is 8.95. The lowest BCUT2D eigenvalue weighted by atomic mass is 9.93. The second-order valence-electron chi connectivity index (χ2n) is 8.59. The number of nitrogens with zero attached hydrogens (tertiary/aromatic N) is 4. The highest BCUT2D eigenvalue weighted by Gasteiger charge is 2.26. The molecule has 0 saturated carbocycles. The number of ether oxygens (including phenoxy) is 2. The molecule has 1 aromatic carbocycles. The van der Waals surface area contributed by atoms with E-state index >= 15 is 0 Å². The van der Waals surface area contributed by atoms with Crippen molar-refractivity contribution in [2.24, 2.45) is 0 Å². The molecule has 1 aliphatic rings. The van der Waals surface area contributed by atoms with Crippen LogP contribution in [0.1, 0.15) is 55.1 Å². The number of hydrogen-bond acceptors (Lipinski definition) is 7. The Morgan fingerprint density at radius 1 is 1.15 bits per heavy atom. The molecule has 34 heavy (non-hydrogen) atoms. The minimum absolute atomic E-state index is 0.00196. The van der Waals surface area contributed by atoms with Gasteiger partial charge in [-0.05, 0) is 62.6 Å². The fourth-order valence-corrected chi connectivity index (χ4v) is 4.09. The fraction of sp³-hybridized carbons (Fsp3) is 0.385. The van der Waals surface area contributed by atoms with Crippen molar-refractivity contribution in [2.45, 2.75) is 45.1 Å². The second-order valence-corrected chi connectivity index (χ2v) is 8.59. The third kappa shape index (κ3) is 5.27. The summed E-state index contributed by atoms with van der Waals surface area (Å²) in [7, 11) is 1.61. The van der Waals surface area contributed by atoms with Gasteiger partial charge in [0.25, 0.3) is 5.91 Å². The molecule has 0 radical (unpaired) electrons. The number of hydrogen-bond donors (Lipinski definition) is 1. The zero-order valence-corrected chi connectivity index (χ0v) is 19.9. The average molecular weight is 462 g/mol. The Kier molecular flexibility index (Phi) is 7.25. The number of benzene rings is 1. The van der Waals surface area contributed by atoms with Crippen molar-refractivity contribution in [3.05, 3.63) is 59.9 Å². The zero-order valence-electron chi connectivity index (χ0n) is 19.9. The lowest BCUT2D eigenvalue weighted by Gasteiger charge is -2.31. The van der Waals surface area contributed by atoms with Crippen molar-refractivity contribution in [2.75, 3.05) is 25.9 Å². The number of methoxy groups -OCH3 is 1. The van der Waals surface area contributed by atoms with Gasteiger partial charge in [-0.2, -0.15) is 5.10 Å². The Labute approximate surface area is 200 Å². The number of nitrogens with two attached hydrogens (primary N) is 1. The second kappa shape index (κ2) is 10.5. The summed E-state index contributed by atoms with van der Waals surface area (Å²) in [4.78, 5) is 19.5. The van der Waals surface area contributed by atoms with E-state index in [0.717, 1.165) is 36.1 Å². The van der Waals surface area contributed by atoms with Crippen LogP contribution in [0.15, 0.2) is 48.7 Å². The molecule has 0 aliphatic carbocycles. The molecule has 1 amide bonds. The first-order valence-electron chi connectivity index (χ1n) is 11.7. The molecule has 0 bridgehead atoms. The summed E-state index contributed by atoms with van der Waals surface area (Å²) in [6.07, 6.45) is 4.48. The van der Waals surface area contributed by atoms with E-state index in [9.17, 15) is 4.79 Å². The highest BCUT2D eigenvalue weighted by atomic mass is 16.5. The van der Waals surface area contributed by atoms with Gasteiger partial charge in [-0.25, -0.2) is 4.98 Å². The van der Waals surface area contributed by atoms with Crippen LogP contribution in [0.2, 0.25) is 0 Å². The lowest BCUT2D eigenvalue weighted by Crippen LogP contribution is -2.38. The highest BCUT2D eigenvalue weighted by molar-refractivity contribution is 5.95. The zero-order chi connectivity index (χ0) is 24.1. The van der Waals surface area contributed by atoms with Gasteiger partial charge in [-0.1, -0.05) is 6.92 Å². The van der Waals surface area contributed by atoms with Crippen LogP contribution in [-0.4, -0.2) is 52.3 Å². The number of piperidine rings is 1. The molecule has 1 fully saturated rings. The molecule has 0 spiro atoms. The normalized spacial score (nSPS) is 15.1. The summed E-state index contributed by atoms with van der Waals surface area (Å²) in [5, 5.41) is 8.16. The van der Waals surface area contributed by atoms with Gasteiger partial charge >= 0.3 is 0 Å². The van der Waals surface area contributed by atoms with Crippen LogP contribution in [0.5, 0.6) is 11.6 Å². The van der Waals surface area contributed by atoms with Gasteiger partial charge in [0, 0.05) is 48.0 Å². The monoisotopic (exact) mass is 461 g/mol. The maximum absolute atomic E-state index is 13.2. The van der Waals surface area contributed by atoms with E-state index in [1.54, 1.807) is 25.4 Å². The largest absolute Gasteiger partial charge is 0.496 e. The standard InChI is InChI=1S/C26H31N5O3/c1-4-17(2)34-25-10-6-20(16-28-25)21-7-5-19(15-23(21)33-3)26(32)31-13-11-18(12-14-31)22-8-9-24(27)30-29-22/h5-10,15-18H,4,11-14H2,1-3H3,(H2,27,30)/t17-/m1/s1. The fourth-order valence-electron chi connectivity index (χ4n) is 4.09. The third-order valence-corrected chi connectivity index (χ3v) is 6.30. The van der Waals surface area contributed by atoms with Crippen LogP contribution in [0.4, 0.5) is 5.82 Å². The molecular weight excluding hydrogens is 430 g/mol. The summed E-state index contributed by atoms with van der Waals surface area (Å²) >= 11 is 0. The average Bonchev–Trinajstić information content (AvgIpc) is 2.89. The lowest BCUT2D eigenvalue weighted by molar-refractivity contribution is 0.0711. The van der Waals surface area contributed by atoms with Crippen LogP contribution in [0.3, 0.4) is 0 Å². The Hall–Kier alpha value is -3.68. The molecule has 0 unspecified atom stereocenters. The maximum atomic E-state index is 13.2.